The Bertz CT molecular complexity index is 864. The van der Waals surface area contributed by atoms with Gasteiger partial charge in [-0.05, 0) is 23.6 Å². The molecule has 1 aliphatic heterocycles. The summed E-state index contributed by atoms with van der Waals surface area (Å²) in [5.74, 6) is 0.968. The molecule has 2 aromatic heterocycles. The maximum absolute atomic E-state index is 12.8. The van der Waals surface area contributed by atoms with Gasteiger partial charge in [0.1, 0.15) is 12.7 Å². The summed E-state index contributed by atoms with van der Waals surface area (Å²) in [6, 6.07) is 13.6. The lowest BCUT2D eigenvalue weighted by atomic mass is 9.85. The van der Waals surface area contributed by atoms with E-state index in [0.717, 1.165) is 12.1 Å². The molecule has 1 aromatic carbocycles. The number of hydrogen-bond donors (Lipinski definition) is 1. The van der Waals surface area contributed by atoms with Crippen LogP contribution in [0.15, 0.2) is 61.3 Å². The molecule has 4 rings (SSSR count). The third-order valence-electron chi connectivity index (χ3n) is 4.43. The molecule has 0 spiro atoms. The summed E-state index contributed by atoms with van der Waals surface area (Å²) in [5.41, 5.74) is 1.75. The van der Waals surface area contributed by atoms with Gasteiger partial charge in [0.05, 0.1) is 11.7 Å². The predicted octanol–water partition coefficient (Wildman–Crippen LogP) is 2.89. The molecular formula is C18H18N6O. The first-order chi connectivity index (χ1) is 12.2. The normalized spacial score (nSPS) is 19.3. The number of nitrogens with zero attached hydrogens (tertiary/aromatic N) is 5. The second-order valence-corrected chi connectivity index (χ2v) is 6.13. The molecule has 0 aliphatic carbocycles. The molecule has 3 heterocycles. The van der Waals surface area contributed by atoms with Crippen molar-refractivity contribution in [3.8, 4) is 5.82 Å². The number of amides is 2. The van der Waals surface area contributed by atoms with E-state index in [9.17, 15) is 4.79 Å². The number of aromatic nitrogens is 4. The number of carbonyl (C=O) groups is 1. The summed E-state index contributed by atoms with van der Waals surface area (Å²) in [6.45, 7) is 2.89. The second kappa shape index (κ2) is 6.35. The molecule has 3 aromatic rings. The Morgan fingerprint density at radius 1 is 1.20 bits per heavy atom. The predicted molar refractivity (Wildman–Crippen MR) is 93.2 cm³/mol. The van der Waals surface area contributed by atoms with E-state index < -0.39 is 0 Å². The van der Waals surface area contributed by atoms with Crippen LogP contribution >= 0.6 is 0 Å². The van der Waals surface area contributed by atoms with Gasteiger partial charge >= 0.3 is 6.03 Å². The SMILES string of the molecule is C[C@H]1CN(C(=O)Nc2cccnc2-n2cncn2)[C@H]1c1ccccc1. The Labute approximate surface area is 145 Å². The lowest BCUT2D eigenvalue weighted by Crippen LogP contribution is -2.53. The minimum absolute atomic E-state index is 0.0905. The minimum Gasteiger partial charge on any atom is -0.317 e. The summed E-state index contributed by atoms with van der Waals surface area (Å²) in [7, 11) is 0. The molecule has 2 atom stereocenters. The quantitative estimate of drug-likeness (QED) is 0.799. The van der Waals surface area contributed by atoms with Gasteiger partial charge in [-0.3, -0.25) is 0 Å². The summed E-state index contributed by atoms with van der Waals surface area (Å²) >= 11 is 0. The highest BCUT2D eigenvalue weighted by Gasteiger charge is 2.40. The van der Waals surface area contributed by atoms with E-state index in [2.05, 4.69) is 39.4 Å². The number of pyridine rings is 1. The molecule has 7 heteroatoms. The lowest BCUT2D eigenvalue weighted by molar-refractivity contribution is 0.0671. The van der Waals surface area contributed by atoms with E-state index in [0.29, 0.717) is 17.4 Å². The Morgan fingerprint density at radius 2 is 2.04 bits per heavy atom. The van der Waals surface area contributed by atoms with Crippen LogP contribution in [0.25, 0.3) is 5.82 Å². The molecule has 1 saturated heterocycles. The van der Waals surface area contributed by atoms with Gasteiger partial charge in [-0.15, -0.1) is 0 Å². The Morgan fingerprint density at radius 3 is 2.76 bits per heavy atom. The maximum Gasteiger partial charge on any atom is 0.322 e. The zero-order chi connectivity index (χ0) is 17.2. The monoisotopic (exact) mass is 334 g/mol. The Balaban J connectivity index is 1.55. The first-order valence-corrected chi connectivity index (χ1v) is 8.16. The first kappa shape index (κ1) is 15.3. The van der Waals surface area contributed by atoms with Gasteiger partial charge in [0.25, 0.3) is 0 Å². The van der Waals surface area contributed by atoms with Gasteiger partial charge in [0.15, 0.2) is 5.82 Å². The number of likely N-dealkylation sites (tertiary alicyclic amines) is 1. The van der Waals surface area contributed by atoms with Gasteiger partial charge in [-0.1, -0.05) is 37.3 Å². The van der Waals surface area contributed by atoms with Gasteiger partial charge in [0.2, 0.25) is 0 Å². The van der Waals surface area contributed by atoms with Gasteiger partial charge in [-0.25, -0.2) is 19.4 Å². The topological polar surface area (TPSA) is 75.9 Å². The van der Waals surface area contributed by atoms with Gasteiger partial charge in [-0.2, -0.15) is 5.10 Å². The average Bonchev–Trinajstić information content (AvgIpc) is 3.15. The standard InChI is InChI=1S/C18H18N6O/c1-13-10-23(16(13)14-6-3-2-4-7-14)18(25)22-15-8-5-9-20-17(15)24-12-19-11-21-24/h2-9,11-13,16H,10H2,1H3,(H,22,25)/t13-,16+/m0/s1. The molecule has 0 radical (unpaired) electrons. The molecule has 0 saturated carbocycles. The molecule has 0 unspecified atom stereocenters. The smallest absolute Gasteiger partial charge is 0.317 e. The number of carbonyl (C=O) groups excluding carboxylic acids is 1. The van der Waals surface area contributed by atoms with Crippen LogP contribution in [0.1, 0.15) is 18.5 Å². The third kappa shape index (κ3) is 2.84. The zero-order valence-corrected chi connectivity index (χ0v) is 13.8. The van der Waals surface area contributed by atoms with Crippen LogP contribution in [0, 0.1) is 5.92 Å². The fraction of sp³-hybridized carbons (Fsp3) is 0.222. The molecule has 1 aliphatic rings. The van der Waals surface area contributed by atoms with Crippen molar-refractivity contribution in [3.63, 3.8) is 0 Å². The number of benzene rings is 1. The number of urea groups is 1. The van der Waals surface area contributed by atoms with Gasteiger partial charge in [0, 0.05) is 12.7 Å². The summed E-state index contributed by atoms with van der Waals surface area (Å²) in [5, 5.41) is 7.04. The van der Waals surface area contributed by atoms with Crippen molar-refractivity contribution in [2.24, 2.45) is 5.92 Å². The van der Waals surface area contributed by atoms with Crippen LogP contribution in [0.2, 0.25) is 0 Å². The Hall–Kier alpha value is -3.22. The number of rotatable bonds is 3. The van der Waals surface area contributed by atoms with Crippen molar-refractivity contribution in [3.05, 3.63) is 66.9 Å². The highest BCUT2D eigenvalue weighted by molar-refractivity contribution is 5.91. The van der Waals surface area contributed by atoms with E-state index in [1.54, 1.807) is 18.6 Å². The largest absolute Gasteiger partial charge is 0.322 e. The number of nitrogens with one attached hydrogen (secondary N) is 1. The van der Waals surface area contributed by atoms with E-state index in [4.69, 9.17) is 0 Å². The number of anilines is 1. The second-order valence-electron chi connectivity index (χ2n) is 6.13. The molecular weight excluding hydrogens is 316 g/mol. The van der Waals surface area contributed by atoms with Crippen LogP contribution in [-0.2, 0) is 0 Å². The highest BCUT2D eigenvalue weighted by atomic mass is 16.2. The third-order valence-corrected chi connectivity index (χ3v) is 4.43. The van der Waals surface area contributed by atoms with Crippen molar-refractivity contribution in [1.82, 2.24) is 24.6 Å². The molecule has 1 fully saturated rings. The highest BCUT2D eigenvalue weighted by Crippen LogP contribution is 2.38. The molecule has 1 N–H and O–H groups in total. The van der Waals surface area contributed by atoms with Crippen LogP contribution in [-0.4, -0.2) is 37.2 Å². The van der Waals surface area contributed by atoms with E-state index >= 15 is 0 Å². The summed E-state index contributed by atoms with van der Waals surface area (Å²) in [6.07, 6.45) is 4.64. The van der Waals surface area contributed by atoms with Crippen molar-refractivity contribution in [2.45, 2.75) is 13.0 Å². The molecule has 25 heavy (non-hydrogen) atoms. The van der Waals surface area contributed by atoms with Crippen LogP contribution in [0.5, 0.6) is 0 Å². The molecule has 2 amide bonds. The van der Waals surface area contributed by atoms with Crippen molar-refractivity contribution >= 4 is 11.7 Å². The fourth-order valence-electron chi connectivity index (χ4n) is 3.24. The first-order valence-electron chi connectivity index (χ1n) is 8.16. The van der Waals surface area contributed by atoms with Crippen molar-refractivity contribution in [1.29, 1.82) is 0 Å². The van der Waals surface area contributed by atoms with Crippen LogP contribution < -0.4 is 5.32 Å². The van der Waals surface area contributed by atoms with Crippen molar-refractivity contribution in [2.75, 3.05) is 11.9 Å². The maximum atomic E-state index is 12.8. The Kier molecular flexibility index (Phi) is 3.89. The number of hydrogen-bond acceptors (Lipinski definition) is 4. The minimum atomic E-state index is -0.138. The lowest BCUT2D eigenvalue weighted by Gasteiger charge is -2.46. The van der Waals surface area contributed by atoms with E-state index in [-0.39, 0.29) is 12.1 Å². The summed E-state index contributed by atoms with van der Waals surface area (Å²) < 4.78 is 1.53. The van der Waals surface area contributed by atoms with Crippen LogP contribution in [0.3, 0.4) is 0 Å². The average molecular weight is 334 g/mol. The molecule has 126 valence electrons. The fourth-order valence-corrected chi connectivity index (χ4v) is 3.24. The van der Waals surface area contributed by atoms with E-state index in [1.165, 1.54) is 11.0 Å². The van der Waals surface area contributed by atoms with Crippen molar-refractivity contribution < 1.29 is 4.79 Å². The zero-order valence-electron chi connectivity index (χ0n) is 13.8. The van der Waals surface area contributed by atoms with Crippen LogP contribution in [0.4, 0.5) is 10.5 Å². The van der Waals surface area contributed by atoms with E-state index in [1.807, 2.05) is 29.2 Å². The van der Waals surface area contributed by atoms with Gasteiger partial charge < -0.3 is 10.2 Å². The molecule has 7 nitrogen and oxygen atoms in total. The molecule has 0 bridgehead atoms. The summed E-state index contributed by atoms with van der Waals surface area (Å²) in [4.78, 5) is 22.9.